The fourth-order valence-corrected chi connectivity index (χ4v) is 9.01. The molecule has 1 unspecified atom stereocenters. The number of hydrogen-bond donors (Lipinski definition) is 3. The number of hydrogen-bond acceptors (Lipinski definition) is 8. The summed E-state index contributed by atoms with van der Waals surface area (Å²) in [5.74, 6) is 1.31. The number of methoxy groups -OCH3 is 1. The van der Waals surface area contributed by atoms with Gasteiger partial charge in [0.1, 0.15) is 23.3 Å². The first kappa shape index (κ1) is 36.5. The van der Waals surface area contributed by atoms with Gasteiger partial charge in [0.05, 0.1) is 42.1 Å². The van der Waals surface area contributed by atoms with E-state index in [0.717, 1.165) is 76.0 Å². The van der Waals surface area contributed by atoms with Gasteiger partial charge in [-0.15, -0.1) is 11.3 Å². The molecular weight excluding hydrogens is 715 g/mol. The van der Waals surface area contributed by atoms with Gasteiger partial charge in [-0.25, -0.2) is 19.6 Å². The minimum Gasteiger partial charge on any atom is -0.453 e. The maximum Gasteiger partial charge on any atom is 0.410 e. The van der Waals surface area contributed by atoms with Gasteiger partial charge in [0.2, 0.25) is 5.91 Å². The zero-order chi connectivity index (χ0) is 38.6. The van der Waals surface area contributed by atoms with Crippen LogP contribution in [0.3, 0.4) is 0 Å². The molecule has 13 heteroatoms. The summed E-state index contributed by atoms with van der Waals surface area (Å²) < 4.78 is 11.6. The van der Waals surface area contributed by atoms with Crippen molar-refractivity contribution in [2.24, 2.45) is 5.92 Å². The van der Waals surface area contributed by atoms with Crippen LogP contribution in [0.4, 0.5) is 9.59 Å². The van der Waals surface area contributed by atoms with E-state index in [9.17, 15) is 14.4 Å². The lowest BCUT2D eigenvalue weighted by Crippen LogP contribution is -2.51. The number of nitrogens with one attached hydrogen (secondary N) is 3. The van der Waals surface area contributed by atoms with Gasteiger partial charge in [0.25, 0.3) is 0 Å². The fraction of sp³-hybridized carbons (Fsp3) is 0.405. The number of imidazole rings is 2. The lowest BCUT2D eigenvalue weighted by atomic mass is 10.0. The number of carbonyl (C=O) groups is 3. The Balaban J connectivity index is 1.02. The van der Waals surface area contributed by atoms with Crippen molar-refractivity contribution in [3.63, 3.8) is 0 Å². The first-order valence-electron chi connectivity index (χ1n) is 19.0. The number of aromatic amines is 2. The standard InChI is InChI=1S/C42H47N7O5S/c1-23(2)35(47-40(51)53-6)39(50)48-17-7-10-32(48)38-44-29-16-14-24-19-26(13-15-28(24)36(29)46-38)34-21-27-12-11-25(20-33(27)55-34)30-22-43-37(45-30)31-9-8-18-49(31)41(52)54-42(3,4)5/h11-16,19-23,31-32,35H,7-10,17-18H2,1-6H3,(H,43,45)(H,44,46)(H,47,51)/t31?,32-,35-/m0/s1. The van der Waals surface area contributed by atoms with Gasteiger partial charge in [0.15, 0.2) is 0 Å². The molecule has 5 heterocycles. The van der Waals surface area contributed by atoms with E-state index >= 15 is 0 Å². The Morgan fingerprint density at radius 1 is 0.891 bits per heavy atom. The predicted octanol–water partition coefficient (Wildman–Crippen LogP) is 9.10. The molecule has 0 aliphatic carbocycles. The van der Waals surface area contributed by atoms with Crippen LogP contribution in [0.15, 0.2) is 60.8 Å². The number of benzene rings is 3. The van der Waals surface area contributed by atoms with E-state index in [-0.39, 0.29) is 30.0 Å². The van der Waals surface area contributed by atoms with E-state index in [4.69, 9.17) is 19.4 Å². The topological polar surface area (TPSA) is 146 Å². The smallest absolute Gasteiger partial charge is 0.410 e. The van der Waals surface area contributed by atoms with Crippen LogP contribution in [0, 0.1) is 5.92 Å². The molecule has 0 saturated carbocycles. The minimum absolute atomic E-state index is 0.101. The summed E-state index contributed by atoms with van der Waals surface area (Å²) >= 11 is 1.75. The van der Waals surface area contributed by atoms with Gasteiger partial charge in [-0.1, -0.05) is 44.2 Å². The molecule has 3 aromatic heterocycles. The van der Waals surface area contributed by atoms with E-state index < -0.39 is 17.7 Å². The van der Waals surface area contributed by atoms with Crippen molar-refractivity contribution >= 4 is 61.3 Å². The Morgan fingerprint density at radius 3 is 2.36 bits per heavy atom. The average Bonchev–Trinajstić information content (AvgIpc) is 4.00. The number of H-pyrrole nitrogens is 2. The molecule has 55 heavy (non-hydrogen) atoms. The normalized spacial score (nSPS) is 18.2. The van der Waals surface area contributed by atoms with Crippen LogP contribution in [0.1, 0.15) is 84.0 Å². The molecule has 3 atom stereocenters. The third-order valence-electron chi connectivity index (χ3n) is 10.6. The lowest BCUT2D eigenvalue weighted by Gasteiger charge is -2.29. The Bertz CT molecular complexity index is 2420. The van der Waals surface area contributed by atoms with Crippen LogP contribution in [-0.4, -0.2) is 79.7 Å². The van der Waals surface area contributed by atoms with Crippen LogP contribution >= 0.6 is 11.3 Å². The highest BCUT2D eigenvalue weighted by atomic mass is 32.1. The molecule has 12 nitrogen and oxygen atoms in total. The largest absolute Gasteiger partial charge is 0.453 e. The number of alkyl carbamates (subject to hydrolysis) is 1. The Morgan fingerprint density at radius 2 is 1.62 bits per heavy atom. The van der Waals surface area contributed by atoms with Crippen LogP contribution in [0.25, 0.3) is 53.6 Å². The number of amides is 3. The van der Waals surface area contributed by atoms with Crippen molar-refractivity contribution in [2.45, 2.75) is 84.0 Å². The highest BCUT2D eigenvalue weighted by molar-refractivity contribution is 7.22. The van der Waals surface area contributed by atoms with E-state index in [1.807, 2.05) is 51.8 Å². The van der Waals surface area contributed by atoms with Crippen LogP contribution in [-0.2, 0) is 14.3 Å². The number of carbonyl (C=O) groups excluding carboxylic acids is 3. The summed E-state index contributed by atoms with van der Waals surface area (Å²) in [7, 11) is 1.30. The zero-order valence-electron chi connectivity index (χ0n) is 32.1. The molecule has 2 fully saturated rings. The maximum atomic E-state index is 13.7. The molecule has 286 valence electrons. The molecular formula is C42H47N7O5S. The van der Waals surface area contributed by atoms with Crippen LogP contribution < -0.4 is 5.32 Å². The third-order valence-corrected chi connectivity index (χ3v) is 11.8. The number of rotatable bonds is 7. The lowest BCUT2D eigenvalue weighted by molar-refractivity contribution is -0.135. The molecule has 2 saturated heterocycles. The van der Waals surface area contributed by atoms with Crippen molar-refractivity contribution in [3.8, 4) is 21.7 Å². The predicted molar refractivity (Wildman–Crippen MR) is 215 cm³/mol. The van der Waals surface area contributed by atoms with Crippen molar-refractivity contribution in [2.75, 3.05) is 20.2 Å². The van der Waals surface area contributed by atoms with E-state index in [0.29, 0.717) is 13.1 Å². The van der Waals surface area contributed by atoms with E-state index in [1.54, 1.807) is 16.2 Å². The molecule has 3 N–H and O–H groups in total. The highest BCUT2D eigenvalue weighted by Gasteiger charge is 2.38. The van der Waals surface area contributed by atoms with Gasteiger partial charge in [-0.2, -0.15) is 0 Å². The molecule has 0 bridgehead atoms. The van der Waals surface area contributed by atoms with Crippen molar-refractivity contribution in [1.82, 2.24) is 35.1 Å². The second-order valence-electron chi connectivity index (χ2n) is 15.9. The van der Waals surface area contributed by atoms with E-state index in [2.05, 4.69) is 63.8 Å². The summed E-state index contributed by atoms with van der Waals surface area (Å²) in [6, 6.07) is 18.3. The summed E-state index contributed by atoms with van der Waals surface area (Å²) in [4.78, 5) is 60.1. The molecule has 3 amide bonds. The number of aromatic nitrogens is 4. The summed E-state index contributed by atoms with van der Waals surface area (Å²) in [5.41, 5.74) is 4.33. The molecule has 2 aliphatic heterocycles. The van der Waals surface area contributed by atoms with Crippen molar-refractivity contribution in [1.29, 1.82) is 0 Å². The highest BCUT2D eigenvalue weighted by Crippen LogP contribution is 2.39. The first-order valence-corrected chi connectivity index (χ1v) is 19.8. The number of fused-ring (bicyclic) bond motifs is 4. The average molecular weight is 762 g/mol. The van der Waals surface area contributed by atoms with Gasteiger partial charge < -0.3 is 29.7 Å². The Labute approximate surface area is 323 Å². The Kier molecular flexibility index (Phi) is 9.52. The molecule has 2 aliphatic rings. The zero-order valence-corrected chi connectivity index (χ0v) is 32.9. The maximum absolute atomic E-state index is 13.7. The number of nitrogens with zero attached hydrogens (tertiary/aromatic N) is 4. The van der Waals surface area contributed by atoms with Gasteiger partial charge in [-0.3, -0.25) is 9.69 Å². The summed E-state index contributed by atoms with van der Waals surface area (Å²) in [6.07, 6.45) is 4.34. The second-order valence-corrected chi connectivity index (χ2v) is 17.0. The van der Waals surface area contributed by atoms with Gasteiger partial charge >= 0.3 is 12.2 Å². The number of thiophene rings is 1. The SMILES string of the molecule is COC(=O)N[C@H](C(=O)N1CCC[C@H]1c1nc2ccc3cc(-c4cc5ccc(-c6cnc(C7CCCN7C(=O)OC(C)(C)C)[nH]6)cc5s4)ccc3c2[nH]1)C(C)C. The number of likely N-dealkylation sites (tertiary alicyclic amines) is 2. The monoisotopic (exact) mass is 761 g/mol. The first-order chi connectivity index (χ1) is 26.4. The van der Waals surface area contributed by atoms with Crippen LogP contribution in [0.5, 0.6) is 0 Å². The minimum atomic E-state index is -0.684. The Hall–Kier alpha value is -5.43. The molecule has 0 spiro atoms. The second kappa shape index (κ2) is 14.3. The molecule has 3 aromatic carbocycles. The van der Waals surface area contributed by atoms with Gasteiger partial charge in [0, 0.05) is 33.6 Å². The third kappa shape index (κ3) is 7.13. The molecule has 0 radical (unpaired) electrons. The molecule has 6 aromatic rings. The van der Waals surface area contributed by atoms with Crippen molar-refractivity contribution < 1.29 is 23.9 Å². The fourth-order valence-electron chi connectivity index (χ4n) is 7.92. The van der Waals surface area contributed by atoms with Crippen molar-refractivity contribution in [3.05, 3.63) is 72.4 Å². The van der Waals surface area contributed by atoms with Crippen LogP contribution in [0.2, 0.25) is 0 Å². The van der Waals surface area contributed by atoms with Gasteiger partial charge in [-0.05, 0) is 93.0 Å². The molecule has 8 rings (SSSR count). The summed E-state index contributed by atoms with van der Waals surface area (Å²) in [6.45, 7) is 10.7. The quantitative estimate of drug-likeness (QED) is 0.147. The number of ether oxygens (including phenoxy) is 2. The van der Waals surface area contributed by atoms with E-state index in [1.165, 1.54) is 22.1 Å². The summed E-state index contributed by atoms with van der Waals surface area (Å²) in [5, 5.41) is 6.05.